The van der Waals surface area contributed by atoms with Crippen molar-refractivity contribution in [3.63, 3.8) is 0 Å². The first-order valence-electron chi connectivity index (χ1n) is 11.1. The second kappa shape index (κ2) is 8.23. The van der Waals surface area contributed by atoms with Crippen molar-refractivity contribution in [3.8, 4) is 17.3 Å². The smallest absolute Gasteiger partial charge is 0.240 e. The maximum atomic E-state index is 13.5. The molecular weight excluding hydrogens is 448 g/mol. The lowest BCUT2D eigenvalue weighted by Gasteiger charge is -2.40. The number of aliphatic imine (C=N–C) groups is 1. The summed E-state index contributed by atoms with van der Waals surface area (Å²) in [5.74, 6) is -0.117. The van der Waals surface area contributed by atoms with Gasteiger partial charge in [-0.15, -0.1) is 0 Å². The van der Waals surface area contributed by atoms with E-state index < -0.39 is 11.5 Å². The first-order valence-corrected chi connectivity index (χ1v) is 11.4. The number of benzene rings is 1. The van der Waals surface area contributed by atoms with Crippen LogP contribution in [0.15, 0.2) is 59.9 Å². The minimum absolute atomic E-state index is 0.145. The van der Waals surface area contributed by atoms with Crippen LogP contribution in [0.4, 0.5) is 0 Å². The second-order valence-corrected chi connectivity index (χ2v) is 9.45. The number of nitrogens with zero attached hydrogens (tertiary/aromatic N) is 5. The van der Waals surface area contributed by atoms with E-state index in [2.05, 4.69) is 22.1 Å². The Hall–Kier alpha value is -3.76. The van der Waals surface area contributed by atoms with Crippen LogP contribution < -0.4 is 5.73 Å². The van der Waals surface area contributed by atoms with Crippen LogP contribution in [0.5, 0.6) is 0 Å². The number of carbonyl (C=O) groups excluding carboxylic acids is 1. The second-order valence-electron chi connectivity index (χ2n) is 9.01. The molecule has 1 saturated carbocycles. The number of pyridine rings is 2. The van der Waals surface area contributed by atoms with Crippen LogP contribution in [0.3, 0.4) is 0 Å². The quantitative estimate of drug-likeness (QED) is 0.610. The van der Waals surface area contributed by atoms with Gasteiger partial charge in [-0.05, 0) is 73.2 Å². The lowest BCUT2D eigenvalue weighted by Crippen LogP contribution is -2.52. The highest BCUT2D eigenvalue weighted by atomic mass is 35.5. The summed E-state index contributed by atoms with van der Waals surface area (Å²) in [5, 5.41) is 9.77. The monoisotopic (exact) mass is 470 g/mol. The minimum atomic E-state index is -1.00. The molecule has 7 nitrogen and oxygen atoms in total. The van der Waals surface area contributed by atoms with Gasteiger partial charge in [-0.3, -0.25) is 19.7 Å². The molecular formula is C26H23ClN6O. The molecule has 2 atom stereocenters. The molecule has 5 rings (SSSR count). The van der Waals surface area contributed by atoms with Crippen molar-refractivity contribution in [1.29, 1.82) is 5.26 Å². The minimum Gasteiger partial charge on any atom is -0.369 e. The number of halogens is 1. The highest BCUT2D eigenvalue weighted by Crippen LogP contribution is 2.45. The standard InChI is InChI=1S/C26H23ClN6O/c1-26(19-7-8-30-22(12-19)18-9-15(13-28)10-20(27)11-18)23(24(34)33(2)25(29)32-26)21-6-5-17(14-31-21)16-3-4-16/h5-12,14,16,23H,3-4H2,1-2H3,(H2,29,32)/t23-,26+/m0/s1. The van der Waals surface area contributed by atoms with E-state index in [0.717, 1.165) is 5.56 Å². The molecule has 0 radical (unpaired) electrons. The van der Waals surface area contributed by atoms with E-state index in [4.69, 9.17) is 22.3 Å². The fourth-order valence-corrected chi connectivity index (χ4v) is 4.76. The molecule has 1 aliphatic carbocycles. The Morgan fingerprint density at radius 2 is 1.97 bits per heavy atom. The van der Waals surface area contributed by atoms with Crippen molar-refractivity contribution in [1.82, 2.24) is 14.9 Å². The number of hydrogen-bond donors (Lipinski definition) is 1. The van der Waals surface area contributed by atoms with Crippen LogP contribution in [0.1, 0.15) is 54.0 Å². The van der Waals surface area contributed by atoms with Gasteiger partial charge in [0, 0.05) is 30.0 Å². The number of amides is 1. The van der Waals surface area contributed by atoms with Crippen LogP contribution in [-0.2, 0) is 10.3 Å². The summed E-state index contributed by atoms with van der Waals surface area (Å²) in [5.41, 5.74) is 9.53. The van der Waals surface area contributed by atoms with E-state index in [1.54, 1.807) is 31.4 Å². The largest absolute Gasteiger partial charge is 0.369 e. The Labute approximate surface area is 202 Å². The molecule has 0 saturated heterocycles. The van der Waals surface area contributed by atoms with E-state index in [1.165, 1.54) is 23.3 Å². The van der Waals surface area contributed by atoms with Gasteiger partial charge in [0.25, 0.3) is 0 Å². The zero-order valence-corrected chi connectivity index (χ0v) is 19.6. The molecule has 3 heterocycles. The summed E-state index contributed by atoms with van der Waals surface area (Å²) in [6.07, 6.45) is 5.90. The number of nitriles is 1. The lowest BCUT2D eigenvalue weighted by molar-refractivity contribution is -0.130. The Morgan fingerprint density at radius 1 is 1.18 bits per heavy atom. The summed E-state index contributed by atoms with van der Waals surface area (Å²) in [7, 11) is 1.62. The van der Waals surface area contributed by atoms with Crippen LogP contribution in [0, 0.1) is 11.3 Å². The number of aromatic nitrogens is 2. The number of rotatable bonds is 4. The normalized spacial score (nSPS) is 22.3. The van der Waals surface area contributed by atoms with Gasteiger partial charge in [0.2, 0.25) is 5.91 Å². The number of carbonyl (C=O) groups is 1. The Kier molecular flexibility index (Phi) is 5.34. The molecule has 1 aromatic carbocycles. The molecule has 0 spiro atoms. The van der Waals surface area contributed by atoms with Crippen LogP contribution in [0.25, 0.3) is 11.3 Å². The van der Waals surface area contributed by atoms with Crippen molar-refractivity contribution < 1.29 is 4.79 Å². The summed E-state index contributed by atoms with van der Waals surface area (Å²) in [4.78, 5) is 28.8. The average Bonchev–Trinajstić information content (AvgIpc) is 3.68. The topological polar surface area (TPSA) is 108 Å². The zero-order valence-electron chi connectivity index (χ0n) is 18.9. The molecule has 8 heteroatoms. The first kappa shape index (κ1) is 22.1. The molecule has 0 unspecified atom stereocenters. The lowest BCUT2D eigenvalue weighted by atomic mass is 9.76. The van der Waals surface area contributed by atoms with Crippen molar-refractivity contribution in [3.05, 3.63) is 82.3 Å². The van der Waals surface area contributed by atoms with E-state index in [0.29, 0.717) is 33.5 Å². The molecule has 170 valence electrons. The molecule has 1 fully saturated rings. The van der Waals surface area contributed by atoms with Crippen LogP contribution in [-0.4, -0.2) is 33.8 Å². The summed E-state index contributed by atoms with van der Waals surface area (Å²) in [6, 6.07) is 14.9. The van der Waals surface area contributed by atoms with Crippen molar-refractivity contribution >= 4 is 23.5 Å². The highest BCUT2D eigenvalue weighted by Gasteiger charge is 2.48. The Morgan fingerprint density at radius 3 is 2.65 bits per heavy atom. The van der Waals surface area contributed by atoms with E-state index in [9.17, 15) is 10.1 Å². The average molecular weight is 471 g/mol. The van der Waals surface area contributed by atoms with Gasteiger partial charge in [0.05, 0.1) is 23.0 Å². The first-order chi connectivity index (χ1) is 16.3. The molecule has 2 N–H and O–H groups in total. The van der Waals surface area contributed by atoms with Crippen molar-refractivity contribution in [2.24, 2.45) is 10.7 Å². The Bertz CT molecular complexity index is 1360. The van der Waals surface area contributed by atoms with Crippen molar-refractivity contribution in [2.45, 2.75) is 37.1 Å². The number of likely N-dealkylation sites (N-methyl/N-ethyl adjacent to an activating group) is 1. The number of nitrogens with two attached hydrogens (primary N) is 1. The third-order valence-corrected chi connectivity index (χ3v) is 6.87. The molecule has 0 bridgehead atoms. The highest BCUT2D eigenvalue weighted by molar-refractivity contribution is 6.31. The van der Waals surface area contributed by atoms with Gasteiger partial charge in [-0.25, -0.2) is 4.99 Å². The van der Waals surface area contributed by atoms with Crippen molar-refractivity contribution in [2.75, 3.05) is 7.05 Å². The van der Waals surface area contributed by atoms with Crippen LogP contribution >= 0.6 is 11.6 Å². The predicted octanol–water partition coefficient (Wildman–Crippen LogP) is 4.33. The van der Waals surface area contributed by atoms with E-state index in [1.807, 2.05) is 31.3 Å². The maximum absolute atomic E-state index is 13.5. The molecule has 1 aliphatic heterocycles. The van der Waals surface area contributed by atoms with E-state index >= 15 is 0 Å². The number of guanidine groups is 1. The van der Waals surface area contributed by atoms with Gasteiger partial charge >= 0.3 is 0 Å². The summed E-state index contributed by atoms with van der Waals surface area (Å²) >= 11 is 6.22. The third kappa shape index (κ3) is 3.80. The fraction of sp³-hybridized carbons (Fsp3) is 0.269. The molecule has 2 aromatic heterocycles. The predicted molar refractivity (Wildman–Crippen MR) is 130 cm³/mol. The molecule has 1 amide bonds. The summed E-state index contributed by atoms with van der Waals surface area (Å²) in [6.45, 7) is 1.89. The van der Waals surface area contributed by atoms with Gasteiger partial charge in [-0.2, -0.15) is 5.26 Å². The fourth-order valence-electron chi connectivity index (χ4n) is 4.52. The molecule has 2 aliphatic rings. The Balaban J connectivity index is 1.62. The van der Waals surface area contributed by atoms with Gasteiger partial charge < -0.3 is 5.73 Å². The molecule has 34 heavy (non-hydrogen) atoms. The van der Waals surface area contributed by atoms with Crippen LogP contribution in [0.2, 0.25) is 5.02 Å². The number of hydrogen-bond acceptors (Lipinski definition) is 6. The molecule has 3 aromatic rings. The van der Waals surface area contributed by atoms with Gasteiger partial charge in [0.1, 0.15) is 11.5 Å². The third-order valence-electron chi connectivity index (χ3n) is 6.65. The van der Waals surface area contributed by atoms with Gasteiger partial charge in [0.15, 0.2) is 5.96 Å². The van der Waals surface area contributed by atoms with Gasteiger partial charge in [-0.1, -0.05) is 17.7 Å². The maximum Gasteiger partial charge on any atom is 0.240 e. The zero-order chi connectivity index (χ0) is 24.0. The summed E-state index contributed by atoms with van der Waals surface area (Å²) < 4.78 is 0. The SMILES string of the molecule is CN1C(=O)[C@H](c2ccc(C3CC3)cn2)[C@@](C)(c2ccnc(-c3cc(Cl)cc(C#N)c3)c2)N=C1N. The van der Waals surface area contributed by atoms with E-state index in [-0.39, 0.29) is 11.9 Å².